The summed E-state index contributed by atoms with van der Waals surface area (Å²) in [5.74, 6) is -0.672. The van der Waals surface area contributed by atoms with Crippen LogP contribution in [0.25, 0.3) is 0 Å². The fraction of sp³-hybridized carbons (Fsp3) is 0.400. The standard InChI is InChI=1S/C35H46N3O5P/c1-5-21-38(22-6-2)35(41)30-18-13-17-29(24-30)34(40)37-32(28-15-8-7-9-16-28)25-44(42,43)23-11-10-20-33(39)36-31-19-12-14-26(3)27(31)4/h7-9,12-19,24,32H,5-6,10-11,20-23,25H2,1-4H3,(H,36,39)(H,37,40)(H,42,43). The molecule has 3 amide bonds. The Morgan fingerprint density at radius 2 is 1.52 bits per heavy atom. The number of anilines is 1. The molecule has 0 fully saturated rings. The first-order chi connectivity index (χ1) is 21.0. The Hall–Kier alpha value is -3.74. The van der Waals surface area contributed by atoms with Crippen molar-refractivity contribution in [2.24, 2.45) is 0 Å². The van der Waals surface area contributed by atoms with Crippen LogP contribution in [-0.2, 0) is 9.36 Å². The Kier molecular flexibility index (Phi) is 13.4. The quantitative estimate of drug-likeness (QED) is 0.117. The van der Waals surface area contributed by atoms with Crippen molar-refractivity contribution in [2.45, 2.75) is 65.8 Å². The Labute approximate surface area is 261 Å². The first-order valence-corrected chi connectivity index (χ1v) is 17.5. The molecular weight excluding hydrogens is 573 g/mol. The predicted molar refractivity (Wildman–Crippen MR) is 178 cm³/mol. The summed E-state index contributed by atoms with van der Waals surface area (Å²) in [5.41, 5.74) is 4.35. The number of nitrogens with zero attached hydrogens (tertiary/aromatic N) is 1. The molecule has 0 saturated carbocycles. The van der Waals surface area contributed by atoms with Gasteiger partial charge in [-0.2, -0.15) is 0 Å². The molecule has 0 saturated heterocycles. The molecule has 0 bridgehead atoms. The largest absolute Gasteiger partial charge is 0.345 e. The van der Waals surface area contributed by atoms with Crippen LogP contribution in [0.1, 0.15) is 89.4 Å². The molecule has 3 N–H and O–H groups in total. The molecule has 0 aliphatic heterocycles. The van der Waals surface area contributed by atoms with E-state index in [9.17, 15) is 23.8 Å². The molecule has 44 heavy (non-hydrogen) atoms. The van der Waals surface area contributed by atoms with E-state index in [0.717, 1.165) is 29.7 Å². The topological polar surface area (TPSA) is 116 Å². The molecular formula is C35H46N3O5P. The van der Waals surface area contributed by atoms with Gasteiger partial charge in [-0.3, -0.25) is 18.9 Å². The van der Waals surface area contributed by atoms with Gasteiger partial charge in [0.25, 0.3) is 11.8 Å². The highest BCUT2D eigenvalue weighted by molar-refractivity contribution is 7.58. The van der Waals surface area contributed by atoms with Gasteiger partial charge in [-0.15, -0.1) is 0 Å². The second-order valence-electron chi connectivity index (χ2n) is 11.3. The Balaban J connectivity index is 1.63. The first kappa shape index (κ1) is 34.7. The number of aryl methyl sites for hydroxylation is 1. The summed E-state index contributed by atoms with van der Waals surface area (Å²) in [6.07, 6.45) is 2.69. The van der Waals surface area contributed by atoms with E-state index in [2.05, 4.69) is 10.6 Å². The Bertz CT molecular complexity index is 1450. The molecule has 0 aromatic heterocycles. The van der Waals surface area contributed by atoms with Crippen LogP contribution in [0.3, 0.4) is 0 Å². The fourth-order valence-electron chi connectivity index (χ4n) is 5.11. The van der Waals surface area contributed by atoms with Crippen LogP contribution in [-0.4, -0.2) is 52.9 Å². The van der Waals surface area contributed by atoms with Gasteiger partial charge in [-0.1, -0.05) is 62.4 Å². The van der Waals surface area contributed by atoms with E-state index in [1.54, 1.807) is 29.2 Å². The number of hydrogen-bond donors (Lipinski definition) is 3. The maximum absolute atomic E-state index is 13.4. The van der Waals surface area contributed by atoms with Crippen molar-refractivity contribution >= 4 is 30.8 Å². The Morgan fingerprint density at radius 1 is 0.864 bits per heavy atom. The number of benzene rings is 3. The SMILES string of the molecule is CCCN(CCC)C(=O)c1cccc(C(=O)NC(CP(=O)(O)CCCCC(=O)Nc2cccc(C)c2C)c2ccccc2)c1. The van der Waals surface area contributed by atoms with E-state index < -0.39 is 19.3 Å². The van der Waals surface area contributed by atoms with Crippen molar-refractivity contribution in [1.29, 1.82) is 0 Å². The summed E-state index contributed by atoms with van der Waals surface area (Å²) in [5, 5.41) is 5.86. The smallest absolute Gasteiger partial charge is 0.253 e. The van der Waals surface area contributed by atoms with E-state index in [0.29, 0.717) is 42.6 Å². The highest BCUT2D eigenvalue weighted by Gasteiger charge is 2.27. The van der Waals surface area contributed by atoms with Crippen molar-refractivity contribution < 1.29 is 23.8 Å². The third kappa shape index (κ3) is 10.5. The van der Waals surface area contributed by atoms with Crippen LogP contribution in [0.5, 0.6) is 0 Å². The zero-order chi connectivity index (χ0) is 32.1. The van der Waals surface area contributed by atoms with E-state index in [-0.39, 0.29) is 30.6 Å². The fourth-order valence-corrected chi connectivity index (χ4v) is 6.89. The average molecular weight is 620 g/mol. The lowest BCUT2D eigenvalue weighted by atomic mass is 10.1. The van der Waals surface area contributed by atoms with Gasteiger partial charge in [0.1, 0.15) is 0 Å². The van der Waals surface area contributed by atoms with E-state index in [4.69, 9.17) is 0 Å². The van der Waals surface area contributed by atoms with Gasteiger partial charge >= 0.3 is 0 Å². The number of rotatable bonds is 16. The lowest BCUT2D eigenvalue weighted by molar-refractivity contribution is -0.116. The molecule has 0 spiro atoms. The van der Waals surface area contributed by atoms with Gasteiger partial charge in [0.05, 0.1) is 6.04 Å². The molecule has 0 aliphatic carbocycles. The number of carbonyl (C=O) groups is 3. The van der Waals surface area contributed by atoms with Crippen molar-refractivity contribution in [3.8, 4) is 0 Å². The second kappa shape index (κ2) is 16.9. The van der Waals surface area contributed by atoms with Crippen LogP contribution in [0, 0.1) is 13.8 Å². The molecule has 2 unspecified atom stereocenters. The Morgan fingerprint density at radius 3 is 2.20 bits per heavy atom. The summed E-state index contributed by atoms with van der Waals surface area (Å²) in [4.78, 5) is 51.7. The van der Waals surface area contributed by atoms with Gasteiger partial charge in [0.2, 0.25) is 13.3 Å². The third-order valence-corrected chi connectivity index (χ3v) is 9.61. The molecule has 3 aromatic carbocycles. The monoisotopic (exact) mass is 619 g/mol. The molecule has 9 heteroatoms. The van der Waals surface area contributed by atoms with Crippen LogP contribution >= 0.6 is 7.37 Å². The predicted octanol–water partition coefficient (Wildman–Crippen LogP) is 7.12. The van der Waals surface area contributed by atoms with Crippen molar-refractivity contribution in [3.05, 3.63) is 101 Å². The second-order valence-corrected chi connectivity index (χ2v) is 13.8. The zero-order valence-electron chi connectivity index (χ0n) is 26.3. The van der Waals surface area contributed by atoms with Crippen LogP contribution < -0.4 is 10.6 Å². The lowest BCUT2D eigenvalue weighted by Gasteiger charge is -2.23. The average Bonchev–Trinajstić information content (AvgIpc) is 3.01. The summed E-state index contributed by atoms with van der Waals surface area (Å²) >= 11 is 0. The van der Waals surface area contributed by atoms with E-state index in [1.807, 2.05) is 76.2 Å². The number of carbonyl (C=O) groups excluding carboxylic acids is 3. The maximum atomic E-state index is 13.4. The molecule has 3 aromatic rings. The van der Waals surface area contributed by atoms with Gasteiger partial charge < -0.3 is 20.4 Å². The third-order valence-electron chi connectivity index (χ3n) is 7.66. The van der Waals surface area contributed by atoms with Gasteiger partial charge in [-0.05, 0) is 80.5 Å². The number of unbranched alkanes of at least 4 members (excludes halogenated alkanes) is 1. The highest BCUT2D eigenvalue weighted by atomic mass is 31.2. The minimum absolute atomic E-state index is 0.0393. The molecule has 8 nitrogen and oxygen atoms in total. The van der Waals surface area contributed by atoms with Crippen molar-refractivity contribution in [3.63, 3.8) is 0 Å². The first-order valence-electron chi connectivity index (χ1n) is 15.5. The molecule has 2 atom stereocenters. The number of amides is 3. The van der Waals surface area contributed by atoms with Crippen LogP contribution in [0.2, 0.25) is 0 Å². The summed E-state index contributed by atoms with van der Waals surface area (Å²) in [6, 6.07) is 20.8. The minimum atomic E-state index is -3.66. The van der Waals surface area contributed by atoms with Crippen LogP contribution in [0.15, 0.2) is 72.8 Å². The minimum Gasteiger partial charge on any atom is -0.345 e. The zero-order valence-corrected chi connectivity index (χ0v) is 27.2. The maximum Gasteiger partial charge on any atom is 0.253 e. The van der Waals surface area contributed by atoms with Gasteiger partial charge in [0.15, 0.2) is 0 Å². The molecule has 236 valence electrons. The summed E-state index contributed by atoms with van der Waals surface area (Å²) in [7, 11) is -3.66. The normalized spacial score (nSPS) is 13.0. The van der Waals surface area contributed by atoms with E-state index >= 15 is 0 Å². The van der Waals surface area contributed by atoms with Crippen molar-refractivity contribution in [2.75, 3.05) is 30.7 Å². The number of nitrogens with one attached hydrogen (secondary N) is 2. The molecule has 0 radical (unpaired) electrons. The lowest BCUT2D eigenvalue weighted by Crippen LogP contribution is -2.33. The summed E-state index contributed by atoms with van der Waals surface area (Å²) in [6.45, 7) is 9.27. The highest BCUT2D eigenvalue weighted by Crippen LogP contribution is 2.45. The van der Waals surface area contributed by atoms with Gasteiger partial charge in [-0.25, -0.2) is 0 Å². The van der Waals surface area contributed by atoms with Crippen molar-refractivity contribution in [1.82, 2.24) is 10.2 Å². The van der Waals surface area contributed by atoms with Gasteiger partial charge in [0, 0.05) is 48.6 Å². The molecule has 0 heterocycles. The molecule has 0 aliphatic rings. The van der Waals surface area contributed by atoms with Crippen LogP contribution in [0.4, 0.5) is 5.69 Å². The molecule has 3 rings (SSSR count). The number of hydrogen-bond acceptors (Lipinski definition) is 4. The van der Waals surface area contributed by atoms with E-state index in [1.165, 1.54) is 0 Å². The summed E-state index contributed by atoms with van der Waals surface area (Å²) < 4.78 is 13.3.